The summed E-state index contributed by atoms with van der Waals surface area (Å²) in [5.74, 6) is 1.20. The first-order chi connectivity index (χ1) is 17.0. The van der Waals surface area contributed by atoms with E-state index in [1.54, 1.807) is 16.2 Å². The van der Waals surface area contributed by atoms with Crippen molar-refractivity contribution < 1.29 is 19.1 Å². The Morgan fingerprint density at radius 2 is 1.86 bits per heavy atom. The van der Waals surface area contributed by atoms with E-state index in [-0.39, 0.29) is 24.6 Å². The SMILES string of the molecule is C[C@@]1(C(=O)NC2CCCCCCC2)Cn2c(cc3sccc32)C(=O)N1Cc1ccc2c(c1)OCO2. The minimum Gasteiger partial charge on any atom is -0.454 e. The fraction of sp³-hybridized carbons (Fsp3) is 0.481. The summed E-state index contributed by atoms with van der Waals surface area (Å²) in [4.78, 5) is 29.6. The van der Waals surface area contributed by atoms with Gasteiger partial charge in [0, 0.05) is 12.6 Å². The summed E-state index contributed by atoms with van der Waals surface area (Å²) < 4.78 is 14.1. The molecule has 1 saturated carbocycles. The van der Waals surface area contributed by atoms with E-state index in [0.717, 1.165) is 41.5 Å². The maximum Gasteiger partial charge on any atom is 0.271 e. The molecule has 184 valence electrons. The molecule has 2 amide bonds. The molecule has 35 heavy (non-hydrogen) atoms. The molecule has 1 aliphatic carbocycles. The van der Waals surface area contributed by atoms with E-state index in [2.05, 4.69) is 5.32 Å². The number of fused-ring (bicyclic) bond motifs is 4. The topological polar surface area (TPSA) is 72.8 Å². The second-order valence-corrected chi connectivity index (χ2v) is 11.1. The van der Waals surface area contributed by atoms with Crippen LogP contribution in [0, 0.1) is 0 Å². The molecular formula is C27H31N3O4S. The number of ether oxygens (including phenoxy) is 2. The number of rotatable bonds is 4. The van der Waals surface area contributed by atoms with Crippen LogP contribution in [0.5, 0.6) is 11.5 Å². The van der Waals surface area contributed by atoms with Crippen LogP contribution in [0.15, 0.2) is 35.7 Å². The summed E-state index contributed by atoms with van der Waals surface area (Å²) in [7, 11) is 0. The maximum absolute atomic E-state index is 14.0. The third-order valence-electron chi connectivity index (χ3n) is 7.76. The Balaban J connectivity index is 1.34. The number of carbonyl (C=O) groups excluding carboxylic acids is 2. The zero-order valence-electron chi connectivity index (χ0n) is 20.0. The molecule has 1 aromatic carbocycles. The quantitative estimate of drug-likeness (QED) is 0.550. The lowest BCUT2D eigenvalue weighted by Gasteiger charge is -2.44. The van der Waals surface area contributed by atoms with E-state index in [1.165, 1.54) is 19.3 Å². The Hall–Kier alpha value is -3.00. The highest BCUT2D eigenvalue weighted by Gasteiger charge is 2.48. The fourth-order valence-corrected chi connectivity index (χ4v) is 6.51. The normalized spacial score (nSPS) is 22.7. The number of hydrogen-bond acceptors (Lipinski definition) is 5. The van der Waals surface area contributed by atoms with Crippen molar-refractivity contribution in [3.8, 4) is 11.5 Å². The molecule has 0 bridgehead atoms. The molecule has 1 fully saturated rings. The Kier molecular flexibility index (Phi) is 5.71. The monoisotopic (exact) mass is 493 g/mol. The van der Waals surface area contributed by atoms with Crippen molar-refractivity contribution in [2.24, 2.45) is 0 Å². The summed E-state index contributed by atoms with van der Waals surface area (Å²) in [6, 6.07) is 9.89. The first-order valence-electron chi connectivity index (χ1n) is 12.6. The fourth-order valence-electron chi connectivity index (χ4n) is 5.68. The number of aromatic nitrogens is 1. The second kappa shape index (κ2) is 8.90. The number of hydrogen-bond donors (Lipinski definition) is 1. The third-order valence-corrected chi connectivity index (χ3v) is 8.61. The van der Waals surface area contributed by atoms with Gasteiger partial charge in [0.2, 0.25) is 12.7 Å². The molecular weight excluding hydrogens is 462 g/mol. The minimum atomic E-state index is -1.02. The van der Waals surface area contributed by atoms with Crippen LogP contribution in [0.2, 0.25) is 0 Å². The predicted molar refractivity (Wildman–Crippen MR) is 135 cm³/mol. The summed E-state index contributed by atoms with van der Waals surface area (Å²) in [6.07, 6.45) is 8.01. The van der Waals surface area contributed by atoms with Crippen LogP contribution in [0.4, 0.5) is 0 Å². The van der Waals surface area contributed by atoms with Gasteiger partial charge in [0.25, 0.3) is 5.91 Å². The number of nitrogens with one attached hydrogen (secondary N) is 1. The molecule has 1 atom stereocenters. The average Bonchev–Trinajstić information content (AvgIpc) is 3.55. The number of carbonyl (C=O) groups is 2. The molecule has 2 aliphatic heterocycles. The standard InChI is InChI=1S/C27H31N3O4S/c1-27(26(32)28-19-7-5-3-2-4-6-8-19)16-29-20-11-12-35-24(20)14-21(29)25(31)30(27)15-18-9-10-22-23(13-18)34-17-33-22/h9-14,19H,2-8,15-17H2,1H3,(H,28,32)/t27-/m0/s1. The highest BCUT2D eigenvalue weighted by Crippen LogP contribution is 2.37. The molecule has 8 heteroatoms. The lowest BCUT2D eigenvalue weighted by Crippen LogP contribution is -2.64. The van der Waals surface area contributed by atoms with Gasteiger partial charge in [0.15, 0.2) is 11.5 Å². The highest BCUT2D eigenvalue weighted by molar-refractivity contribution is 7.17. The number of thiophene rings is 1. The second-order valence-electron chi connectivity index (χ2n) is 10.2. The van der Waals surface area contributed by atoms with Gasteiger partial charge in [-0.05, 0) is 55.0 Å². The zero-order valence-corrected chi connectivity index (χ0v) is 20.9. The Morgan fingerprint density at radius 1 is 1.09 bits per heavy atom. The van der Waals surface area contributed by atoms with Gasteiger partial charge >= 0.3 is 0 Å². The van der Waals surface area contributed by atoms with E-state index in [0.29, 0.717) is 30.3 Å². The van der Waals surface area contributed by atoms with Crippen molar-refractivity contribution >= 4 is 33.4 Å². The maximum atomic E-state index is 14.0. The van der Waals surface area contributed by atoms with Gasteiger partial charge in [-0.3, -0.25) is 9.59 Å². The summed E-state index contributed by atoms with van der Waals surface area (Å²) in [5.41, 5.74) is 1.56. The first-order valence-corrected chi connectivity index (χ1v) is 13.5. The summed E-state index contributed by atoms with van der Waals surface area (Å²) >= 11 is 1.62. The van der Waals surface area contributed by atoms with E-state index < -0.39 is 5.54 Å². The van der Waals surface area contributed by atoms with Crippen LogP contribution < -0.4 is 14.8 Å². The molecule has 0 unspecified atom stereocenters. The molecule has 3 aromatic rings. The van der Waals surface area contributed by atoms with Gasteiger partial charge in [-0.25, -0.2) is 0 Å². The van der Waals surface area contributed by atoms with Crippen LogP contribution in [0.3, 0.4) is 0 Å². The lowest BCUT2D eigenvalue weighted by atomic mass is 9.91. The summed E-state index contributed by atoms with van der Waals surface area (Å²) in [5, 5.41) is 5.39. The Bertz CT molecular complexity index is 1270. The largest absolute Gasteiger partial charge is 0.454 e. The van der Waals surface area contributed by atoms with Crippen molar-refractivity contribution in [3.63, 3.8) is 0 Å². The summed E-state index contributed by atoms with van der Waals surface area (Å²) in [6.45, 7) is 2.87. The van der Waals surface area contributed by atoms with Crippen molar-refractivity contribution in [2.45, 2.75) is 76.5 Å². The van der Waals surface area contributed by atoms with E-state index in [9.17, 15) is 9.59 Å². The molecule has 6 rings (SSSR count). The van der Waals surface area contributed by atoms with Gasteiger partial charge in [0.1, 0.15) is 11.2 Å². The van der Waals surface area contributed by atoms with Crippen LogP contribution in [-0.2, 0) is 17.9 Å². The molecule has 0 spiro atoms. The van der Waals surface area contributed by atoms with Crippen molar-refractivity contribution in [1.29, 1.82) is 0 Å². The van der Waals surface area contributed by atoms with Crippen LogP contribution in [-0.4, -0.2) is 39.7 Å². The smallest absolute Gasteiger partial charge is 0.271 e. The number of nitrogens with zero attached hydrogens (tertiary/aromatic N) is 2. The van der Waals surface area contributed by atoms with E-state index >= 15 is 0 Å². The first kappa shape index (κ1) is 22.5. The lowest BCUT2D eigenvalue weighted by molar-refractivity contribution is -0.134. The van der Waals surface area contributed by atoms with Gasteiger partial charge in [0.05, 0.1) is 16.8 Å². The van der Waals surface area contributed by atoms with E-state index in [1.807, 2.05) is 47.2 Å². The highest BCUT2D eigenvalue weighted by atomic mass is 32.1. The van der Waals surface area contributed by atoms with Gasteiger partial charge in [-0.2, -0.15) is 0 Å². The molecule has 3 aliphatic rings. The van der Waals surface area contributed by atoms with Crippen LogP contribution in [0.25, 0.3) is 10.2 Å². The van der Waals surface area contributed by atoms with Crippen LogP contribution >= 0.6 is 11.3 Å². The number of benzene rings is 1. The molecule has 2 aromatic heterocycles. The molecule has 0 radical (unpaired) electrons. The zero-order chi connectivity index (χ0) is 24.0. The Morgan fingerprint density at radius 3 is 2.69 bits per heavy atom. The number of amides is 2. The molecule has 4 heterocycles. The molecule has 1 N–H and O–H groups in total. The van der Waals surface area contributed by atoms with Crippen molar-refractivity contribution in [1.82, 2.24) is 14.8 Å². The van der Waals surface area contributed by atoms with Crippen molar-refractivity contribution in [3.05, 3.63) is 47.0 Å². The van der Waals surface area contributed by atoms with Gasteiger partial charge in [-0.1, -0.05) is 38.2 Å². The van der Waals surface area contributed by atoms with Gasteiger partial charge < -0.3 is 24.3 Å². The minimum absolute atomic E-state index is 0.0695. The molecule has 0 saturated heterocycles. The van der Waals surface area contributed by atoms with Crippen molar-refractivity contribution in [2.75, 3.05) is 6.79 Å². The van der Waals surface area contributed by atoms with Gasteiger partial charge in [-0.15, -0.1) is 11.3 Å². The van der Waals surface area contributed by atoms with E-state index in [4.69, 9.17) is 9.47 Å². The predicted octanol–water partition coefficient (Wildman–Crippen LogP) is 5.08. The Labute approximate surface area is 209 Å². The third kappa shape index (κ3) is 3.97. The molecule has 7 nitrogen and oxygen atoms in total. The average molecular weight is 494 g/mol. The van der Waals surface area contributed by atoms with Crippen LogP contribution in [0.1, 0.15) is 67.9 Å².